The van der Waals surface area contributed by atoms with Crippen molar-refractivity contribution in [3.63, 3.8) is 0 Å². The van der Waals surface area contributed by atoms with E-state index in [0.29, 0.717) is 109 Å². The van der Waals surface area contributed by atoms with Crippen molar-refractivity contribution in [1.29, 1.82) is 0 Å². The minimum Gasteiger partial charge on any atom is -0.339 e. The Kier molecular flexibility index (Phi) is 16.3. The molecule has 4 aliphatic heterocycles. The molecule has 0 spiro atoms. The summed E-state index contributed by atoms with van der Waals surface area (Å²) in [7, 11) is 0. The quantitative estimate of drug-likeness (QED) is 0.0364. The van der Waals surface area contributed by atoms with Gasteiger partial charge in [-0.15, -0.1) is 22.7 Å². The molecule has 7 heterocycles. The molecule has 11 rings (SSSR count). The van der Waals surface area contributed by atoms with E-state index in [1.165, 1.54) is 42.3 Å². The summed E-state index contributed by atoms with van der Waals surface area (Å²) in [5, 5.41) is 1.42. The number of rotatable bonds is 27. The zero-order valence-electron chi connectivity index (χ0n) is 47.6. The number of thiophene rings is 2. The number of aromatic nitrogens is 1. The van der Waals surface area contributed by atoms with Crippen LogP contribution in [-0.4, -0.2) is 97.6 Å². The van der Waals surface area contributed by atoms with Crippen LogP contribution in [0.5, 0.6) is 0 Å². The molecule has 4 aromatic carbocycles. The van der Waals surface area contributed by atoms with Gasteiger partial charge in [0.1, 0.15) is 0 Å². The molecule has 81 heavy (non-hydrogen) atoms. The van der Waals surface area contributed by atoms with E-state index in [0.717, 1.165) is 133 Å². The number of carbonyl (C=O) groups is 8. The number of unbranched alkanes of at least 4 members (excludes halogenated alkanes) is 15. The lowest BCUT2D eigenvalue weighted by Crippen LogP contribution is -2.44. The summed E-state index contributed by atoms with van der Waals surface area (Å²) in [4.78, 5) is 125. The molecule has 0 atom stereocenters. The van der Waals surface area contributed by atoms with E-state index >= 15 is 9.59 Å². The largest absolute Gasteiger partial charge is 0.339 e. The highest BCUT2D eigenvalue weighted by molar-refractivity contribution is 7.30. The second-order valence-electron chi connectivity index (χ2n) is 22.7. The number of amides is 8. The summed E-state index contributed by atoms with van der Waals surface area (Å²) in [6.45, 7) is 12.3. The Morgan fingerprint density at radius 1 is 0.296 bits per heavy atom. The van der Waals surface area contributed by atoms with Gasteiger partial charge in [-0.2, -0.15) is 0 Å². The first-order valence-corrected chi connectivity index (χ1v) is 31.8. The average Bonchev–Trinajstić information content (AvgIpc) is 4.13. The van der Waals surface area contributed by atoms with Crippen LogP contribution in [0.25, 0.3) is 62.9 Å². The van der Waals surface area contributed by atoms with Crippen LogP contribution >= 0.6 is 22.7 Å². The van der Waals surface area contributed by atoms with Crippen LogP contribution in [0.2, 0.25) is 0 Å². The molecule has 0 unspecified atom stereocenters. The topological polar surface area (TPSA) is 154 Å². The van der Waals surface area contributed by atoms with E-state index in [9.17, 15) is 28.8 Å². The lowest BCUT2D eigenvalue weighted by molar-refractivity contribution is 0.0586. The summed E-state index contributed by atoms with van der Waals surface area (Å²) in [5.74, 6) is -3.44. The van der Waals surface area contributed by atoms with Crippen molar-refractivity contribution < 1.29 is 38.4 Å². The summed E-state index contributed by atoms with van der Waals surface area (Å²) in [5.41, 5.74) is 5.41. The molecule has 0 saturated carbocycles. The van der Waals surface area contributed by atoms with Crippen molar-refractivity contribution in [2.45, 2.75) is 170 Å². The molecular weight excluding hydrogens is 1050 g/mol. The maximum atomic E-state index is 15.2. The van der Waals surface area contributed by atoms with Crippen LogP contribution in [-0.2, 0) is 6.54 Å². The van der Waals surface area contributed by atoms with Crippen molar-refractivity contribution in [1.82, 2.24) is 24.2 Å². The number of hydrogen-bond acceptors (Lipinski definition) is 10. The molecule has 0 N–H and O–H groups in total. The summed E-state index contributed by atoms with van der Waals surface area (Å²) in [6, 6.07) is 14.4. The molecule has 422 valence electrons. The van der Waals surface area contributed by atoms with Gasteiger partial charge in [0.05, 0.1) is 31.6 Å². The number of benzene rings is 4. The normalized spacial score (nSPS) is 15.1. The van der Waals surface area contributed by atoms with Crippen molar-refractivity contribution >= 4 is 112 Å². The number of imide groups is 4. The minimum absolute atomic E-state index is 0.242. The zero-order valence-corrected chi connectivity index (χ0v) is 49.2. The lowest BCUT2D eigenvalue weighted by Gasteiger charge is -2.33. The van der Waals surface area contributed by atoms with E-state index in [1.807, 2.05) is 0 Å². The highest BCUT2D eigenvalue weighted by atomic mass is 32.1. The standard InChI is InChI=1S/C66H73N5O8S2/c1-6-11-16-21-30-67-47-37-49(43-35-45-51-39(59(72)68(63(45)76)31-22-17-12-7-2)26-28-41-53(51)55(43)65(78)70(61(41)74)33-24-19-14-9-4)80-57(47)58-48(67)38-50(81-58)44-36-46-52-40(60(73)69(64(46)77)32-23-18-13-8-3)27-29-42-54(52)56(44)66(79)71(62(42)75)34-25-20-15-10-5/h26-29,35-38H,6-25,30-34H2,1-5H3. The third-order valence-corrected chi connectivity index (χ3v) is 19.7. The van der Waals surface area contributed by atoms with Crippen molar-refractivity contribution in [3.8, 4) is 20.9 Å². The highest BCUT2D eigenvalue weighted by Crippen LogP contribution is 2.51. The molecule has 0 radical (unpaired) electrons. The average molecular weight is 1130 g/mol. The smallest absolute Gasteiger partial charge is 0.262 e. The third kappa shape index (κ3) is 9.53. The molecule has 3 aromatic heterocycles. The number of fused-ring (bicyclic) bond motifs is 3. The Hall–Kier alpha value is -6.84. The van der Waals surface area contributed by atoms with Crippen LogP contribution in [0.3, 0.4) is 0 Å². The number of nitrogens with zero attached hydrogens (tertiary/aromatic N) is 5. The maximum absolute atomic E-state index is 15.2. The predicted octanol–water partition coefficient (Wildman–Crippen LogP) is 15.8. The Morgan fingerprint density at radius 2 is 0.580 bits per heavy atom. The minimum atomic E-state index is -0.441. The predicted molar refractivity (Wildman–Crippen MR) is 323 cm³/mol. The molecule has 0 saturated heterocycles. The van der Waals surface area contributed by atoms with Gasteiger partial charge in [0.2, 0.25) is 0 Å². The fraction of sp³-hybridized carbons (Fsp3) is 0.455. The van der Waals surface area contributed by atoms with E-state index in [1.54, 1.807) is 36.4 Å². The molecule has 8 amide bonds. The molecule has 13 nitrogen and oxygen atoms in total. The molecule has 15 heteroatoms. The van der Waals surface area contributed by atoms with Crippen LogP contribution in [0.4, 0.5) is 0 Å². The number of hydrogen-bond donors (Lipinski definition) is 0. The first kappa shape index (κ1) is 56.0. The van der Waals surface area contributed by atoms with E-state index < -0.39 is 47.3 Å². The van der Waals surface area contributed by atoms with Gasteiger partial charge >= 0.3 is 0 Å². The molecular formula is C66H73N5O8S2. The van der Waals surface area contributed by atoms with Gasteiger partial charge in [-0.25, -0.2) is 0 Å². The molecule has 0 bridgehead atoms. The van der Waals surface area contributed by atoms with Gasteiger partial charge < -0.3 is 4.57 Å². The Bertz CT molecular complexity index is 3530. The molecule has 7 aromatic rings. The third-order valence-electron chi connectivity index (χ3n) is 17.3. The van der Waals surface area contributed by atoms with E-state index in [2.05, 4.69) is 51.3 Å². The second-order valence-corrected chi connectivity index (χ2v) is 24.8. The zero-order chi connectivity index (χ0) is 56.8. The van der Waals surface area contributed by atoms with E-state index in [-0.39, 0.29) is 26.2 Å². The van der Waals surface area contributed by atoms with Crippen molar-refractivity contribution in [2.24, 2.45) is 0 Å². The highest BCUT2D eigenvalue weighted by Gasteiger charge is 2.44. The second kappa shape index (κ2) is 23.6. The number of carbonyl (C=O) groups excluding carboxylic acids is 8. The van der Waals surface area contributed by atoms with Crippen LogP contribution in [0.15, 0.2) is 48.5 Å². The lowest BCUT2D eigenvalue weighted by atomic mass is 9.83. The molecule has 0 fully saturated rings. The van der Waals surface area contributed by atoms with Gasteiger partial charge in [0.25, 0.3) is 47.3 Å². The summed E-state index contributed by atoms with van der Waals surface area (Å²) in [6.07, 6.45) is 17.9. The Balaban J connectivity index is 1.11. The van der Waals surface area contributed by atoms with E-state index in [4.69, 9.17) is 0 Å². The van der Waals surface area contributed by atoms with Gasteiger partial charge in [0.15, 0.2) is 0 Å². The van der Waals surface area contributed by atoms with Crippen molar-refractivity contribution in [2.75, 3.05) is 26.2 Å². The molecule has 0 aliphatic carbocycles. The van der Waals surface area contributed by atoms with Gasteiger partial charge in [0, 0.05) is 109 Å². The fourth-order valence-electron chi connectivity index (χ4n) is 12.9. The monoisotopic (exact) mass is 1130 g/mol. The van der Waals surface area contributed by atoms with Crippen LogP contribution < -0.4 is 0 Å². The Labute approximate surface area is 481 Å². The van der Waals surface area contributed by atoms with Crippen LogP contribution in [0.1, 0.15) is 246 Å². The summed E-state index contributed by atoms with van der Waals surface area (Å²) < 4.78 is 4.18. The fourth-order valence-corrected chi connectivity index (χ4v) is 15.5. The van der Waals surface area contributed by atoms with Gasteiger partial charge in [-0.3, -0.25) is 58.0 Å². The van der Waals surface area contributed by atoms with Gasteiger partial charge in [-0.1, -0.05) is 131 Å². The molecule has 4 aliphatic rings. The van der Waals surface area contributed by atoms with Crippen LogP contribution in [0, 0.1) is 0 Å². The first-order valence-electron chi connectivity index (χ1n) is 30.2. The Morgan fingerprint density at radius 3 is 0.901 bits per heavy atom. The maximum Gasteiger partial charge on any atom is 0.262 e. The first-order chi connectivity index (χ1) is 39.4. The van der Waals surface area contributed by atoms with Gasteiger partial charge in [-0.05, 0) is 80.6 Å². The SMILES string of the molecule is CCCCCCN1C(=O)c2ccc3c4c(c(-c5cc6c(s5)c5sc(-c7cc8c9c(ccc%10c9c7C(=O)N(CCCCCC)C%10=O)C(=O)N(CCCCCC)C8=O)cc5n6CCCCCC)cc(c24)C1=O)C(=O)N(CCCCCC)C3=O. The van der Waals surface area contributed by atoms with Crippen molar-refractivity contribution in [3.05, 3.63) is 93.0 Å². The number of aryl methyl sites for hydroxylation is 1. The summed E-state index contributed by atoms with van der Waals surface area (Å²) >= 11 is 3.02.